The van der Waals surface area contributed by atoms with Crippen molar-refractivity contribution in [2.75, 3.05) is 0 Å². The molecule has 0 saturated carbocycles. The Morgan fingerprint density at radius 2 is 1.67 bits per heavy atom. The molecule has 2 atom stereocenters. The largest absolute Gasteiger partial charge is 0.390 e. The zero-order valence-corrected chi connectivity index (χ0v) is 9.86. The van der Waals surface area contributed by atoms with Crippen LogP contribution in [0.15, 0.2) is 18.2 Å². The molecule has 0 heterocycles. The average Bonchev–Trinajstić information content (AvgIpc) is 2.15. The van der Waals surface area contributed by atoms with Crippen LogP contribution in [0, 0.1) is 19.8 Å². The molecular formula is C13H20O2. The van der Waals surface area contributed by atoms with E-state index in [0.29, 0.717) is 0 Å². The van der Waals surface area contributed by atoms with Gasteiger partial charge in [-0.2, -0.15) is 0 Å². The first-order chi connectivity index (χ1) is 6.93. The van der Waals surface area contributed by atoms with Crippen molar-refractivity contribution in [3.63, 3.8) is 0 Å². The first kappa shape index (κ1) is 12.2. The molecule has 0 fully saturated rings. The molecule has 1 rings (SSSR count). The molecule has 2 N–H and O–H groups in total. The lowest BCUT2D eigenvalue weighted by atomic mass is 9.93. The van der Waals surface area contributed by atoms with E-state index in [9.17, 15) is 10.2 Å². The number of hydrogen-bond donors (Lipinski definition) is 2. The van der Waals surface area contributed by atoms with Gasteiger partial charge >= 0.3 is 0 Å². The Morgan fingerprint density at radius 3 is 2.13 bits per heavy atom. The summed E-state index contributed by atoms with van der Waals surface area (Å²) in [5.74, 6) is 0.0562. The van der Waals surface area contributed by atoms with E-state index in [1.807, 2.05) is 45.9 Å². The summed E-state index contributed by atoms with van der Waals surface area (Å²) < 4.78 is 0. The van der Waals surface area contributed by atoms with Crippen LogP contribution >= 0.6 is 0 Å². The van der Waals surface area contributed by atoms with Crippen molar-refractivity contribution in [1.29, 1.82) is 0 Å². The van der Waals surface area contributed by atoms with Crippen LogP contribution in [0.3, 0.4) is 0 Å². The molecule has 84 valence electrons. The summed E-state index contributed by atoms with van der Waals surface area (Å²) in [4.78, 5) is 0. The fraction of sp³-hybridized carbons (Fsp3) is 0.538. The number of aliphatic hydroxyl groups is 2. The van der Waals surface area contributed by atoms with E-state index >= 15 is 0 Å². The maximum atomic E-state index is 9.98. The summed E-state index contributed by atoms with van der Waals surface area (Å²) in [5, 5.41) is 19.8. The Balaban J connectivity index is 2.96. The van der Waals surface area contributed by atoms with Crippen molar-refractivity contribution in [3.8, 4) is 0 Å². The lowest BCUT2D eigenvalue weighted by Gasteiger charge is -2.22. The standard InChI is InChI=1S/C13H20O2/c1-8(2)12(14)13(15)11-6-5-9(3)7-10(11)4/h5-8,12-15H,1-4H3/t12-,13-/m1/s1. The molecule has 15 heavy (non-hydrogen) atoms. The molecule has 0 aliphatic carbocycles. The number of aryl methyl sites for hydroxylation is 2. The van der Waals surface area contributed by atoms with Gasteiger partial charge in [-0.3, -0.25) is 0 Å². The van der Waals surface area contributed by atoms with E-state index in [0.717, 1.165) is 11.1 Å². The summed E-state index contributed by atoms with van der Waals surface area (Å²) in [6.07, 6.45) is -1.49. The first-order valence-corrected chi connectivity index (χ1v) is 5.36. The van der Waals surface area contributed by atoms with Crippen molar-refractivity contribution in [1.82, 2.24) is 0 Å². The number of benzene rings is 1. The molecule has 0 spiro atoms. The normalized spacial score (nSPS) is 15.4. The summed E-state index contributed by atoms with van der Waals surface area (Å²) in [7, 11) is 0. The molecule has 2 nitrogen and oxygen atoms in total. The number of aliphatic hydroxyl groups excluding tert-OH is 2. The SMILES string of the molecule is Cc1ccc([C@@H](O)[C@H](O)C(C)C)c(C)c1. The zero-order valence-electron chi connectivity index (χ0n) is 9.86. The van der Waals surface area contributed by atoms with Crippen molar-refractivity contribution in [3.05, 3.63) is 34.9 Å². The topological polar surface area (TPSA) is 40.5 Å². The third kappa shape index (κ3) is 2.80. The highest BCUT2D eigenvalue weighted by Crippen LogP contribution is 2.25. The van der Waals surface area contributed by atoms with Crippen LogP contribution in [0.2, 0.25) is 0 Å². The number of rotatable bonds is 3. The molecule has 0 bridgehead atoms. The Labute approximate surface area is 91.6 Å². The van der Waals surface area contributed by atoms with Gasteiger partial charge in [-0.1, -0.05) is 37.6 Å². The van der Waals surface area contributed by atoms with Crippen LogP contribution < -0.4 is 0 Å². The lowest BCUT2D eigenvalue weighted by Crippen LogP contribution is -2.24. The highest BCUT2D eigenvalue weighted by Gasteiger charge is 2.22. The smallest absolute Gasteiger partial charge is 0.105 e. The van der Waals surface area contributed by atoms with Crippen molar-refractivity contribution in [2.24, 2.45) is 5.92 Å². The van der Waals surface area contributed by atoms with E-state index in [2.05, 4.69) is 0 Å². The van der Waals surface area contributed by atoms with Crippen LogP contribution in [0.25, 0.3) is 0 Å². The molecule has 1 aromatic carbocycles. The van der Waals surface area contributed by atoms with E-state index in [1.165, 1.54) is 5.56 Å². The third-order valence-corrected chi connectivity index (χ3v) is 2.75. The minimum absolute atomic E-state index is 0.0562. The molecule has 0 amide bonds. The lowest BCUT2D eigenvalue weighted by molar-refractivity contribution is -0.00971. The minimum atomic E-state index is -0.786. The molecule has 2 heteroatoms. The molecule has 0 radical (unpaired) electrons. The Morgan fingerprint density at radius 1 is 1.07 bits per heavy atom. The van der Waals surface area contributed by atoms with Crippen LogP contribution in [0.5, 0.6) is 0 Å². The van der Waals surface area contributed by atoms with Crippen molar-refractivity contribution in [2.45, 2.75) is 39.9 Å². The molecular weight excluding hydrogens is 188 g/mol. The zero-order chi connectivity index (χ0) is 11.6. The van der Waals surface area contributed by atoms with E-state index in [4.69, 9.17) is 0 Å². The van der Waals surface area contributed by atoms with Crippen LogP contribution in [-0.2, 0) is 0 Å². The molecule has 0 unspecified atom stereocenters. The predicted octanol–water partition coefficient (Wildman–Crippen LogP) is 2.35. The highest BCUT2D eigenvalue weighted by molar-refractivity contribution is 5.32. The van der Waals surface area contributed by atoms with Gasteiger partial charge in [-0.25, -0.2) is 0 Å². The Hall–Kier alpha value is -0.860. The van der Waals surface area contributed by atoms with Gasteiger partial charge < -0.3 is 10.2 Å². The quantitative estimate of drug-likeness (QED) is 0.800. The molecule has 0 aliphatic heterocycles. The molecule has 1 aromatic rings. The van der Waals surface area contributed by atoms with Gasteiger partial charge in [-0.05, 0) is 30.9 Å². The van der Waals surface area contributed by atoms with Gasteiger partial charge in [0.15, 0.2) is 0 Å². The second kappa shape index (κ2) is 4.77. The second-order valence-electron chi connectivity index (χ2n) is 4.54. The maximum Gasteiger partial charge on any atom is 0.105 e. The summed E-state index contributed by atoms with van der Waals surface area (Å²) in [6, 6.07) is 5.87. The van der Waals surface area contributed by atoms with Gasteiger partial charge in [-0.15, -0.1) is 0 Å². The first-order valence-electron chi connectivity index (χ1n) is 5.36. The Bertz CT molecular complexity index is 331. The fourth-order valence-corrected chi connectivity index (χ4v) is 1.71. The van der Waals surface area contributed by atoms with Gasteiger partial charge in [0.05, 0.1) is 6.10 Å². The fourth-order valence-electron chi connectivity index (χ4n) is 1.71. The minimum Gasteiger partial charge on any atom is -0.390 e. The predicted molar refractivity (Wildman–Crippen MR) is 61.7 cm³/mol. The van der Waals surface area contributed by atoms with Crippen molar-refractivity contribution >= 4 is 0 Å². The van der Waals surface area contributed by atoms with Gasteiger partial charge in [0.25, 0.3) is 0 Å². The van der Waals surface area contributed by atoms with E-state index < -0.39 is 12.2 Å². The monoisotopic (exact) mass is 208 g/mol. The summed E-state index contributed by atoms with van der Waals surface area (Å²) in [5.41, 5.74) is 3.02. The summed E-state index contributed by atoms with van der Waals surface area (Å²) >= 11 is 0. The van der Waals surface area contributed by atoms with Crippen LogP contribution in [0.4, 0.5) is 0 Å². The van der Waals surface area contributed by atoms with Crippen molar-refractivity contribution < 1.29 is 10.2 Å². The second-order valence-corrected chi connectivity index (χ2v) is 4.54. The highest BCUT2D eigenvalue weighted by atomic mass is 16.3. The van der Waals surface area contributed by atoms with E-state index in [1.54, 1.807) is 0 Å². The molecule has 0 aromatic heterocycles. The van der Waals surface area contributed by atoms with Crippen LogP contribution in [0.1, 0.15) is 36.6 Å². The van der Waals surface area contributed by atoms with E-state index in [-0.39, 0.29) is 5.92 Å². The average molecular weight is 208 g/mol. The van der Waals surface area contributed by atoms with Gasteiger partial charge in [0, 0.05) is 0 Å². The summed E-state index contributed by atoms with van der Waals surface area (Å²) in [6.45, 7) is 7.77. The number of hydrogen-bond acceptors (Lipinski definition) is 2. The van der Waals surface area contributed by atoms with Gasteiger partial charge in [0.1, 0.15) is 6.10 Å². The van der Waals surface area contributed by atoms with Crippen LogP contribution in [-0.4, -0.2) is 16.3 Å². The third-order valence-electron chi connectivity index (χ3n) is 2.75. The molecule has 0 saturated heterocycles. The molecule has 0 aliphatic rings. The Kier molecular flexibility index (Phi) is 3.89. The van der Waals surface area contributed by atoms with Gasteiger partial charge in [0.2, 0.25) is 0 Å². The maximum absolute atomic E-state index is 9.98.